The third-order valence-electron chi connectivity index (χ3n) is 6.29. The van der Waals surface area contributed by atoms with Gasteiger partial charge in [0.05, 0.1) is 23.8 Å². The number of amides is 1. The molecule has 5 rings (SSSR count). The Morgan fingerprint density at radius 1 is 1.03 bits per heavy atom. The quantitative estimate of drug-likeness (QED) is 0.500. The van der Waals surface area contributed by atoms with E-state index in [1.54, 1.807) is 12.4 Å². The molecule has 0 radical (unpaired) electrons. The molecule has 0 spiro atoms. The number of aromatic nitrogens is 3. The number of imidazole rings is 1. The predicted octanol–water partition coefficient (Wildman–Crippen LogP) is 3.05. The summed E-state index contributed by atoms with van der Waals surface area (Å²) in [5.74, 6) is -0.0688. The van der Waals surface area contributed by atoms with Crippen molar-refractivity contribution in [3.05, 3.63) is 66.4 Å². The van der Waals surface area contributed by atoms with E-state index in [0.717, 1.165) is 61.3 Å². The molecule has 4 aromatic rings. The van der Waals surface area contributed by atoms with Gasteiger partial charge < -0.3 is 14.0 Å². The van der Waals surface area contributed by atoms with Gasteiger partial charge in [0.25, 0.3) is 0 Å². The highest BCUT2D eigenvalue weighted by Gasteiger charge is 2.22. The molecule has 160 valence electrons. The molecular weight excluding hydrogens is 393 g/mol. The molecular formula is C24H26FN5O. The van der Waals surface area contributed by atoms with E-state index < -0.39 is 0 Å². The molecule has 0 N–H and O–H groups in total. The van der Waals surface area contributed by atoms with Crippen molar-refractivity contribution in [3.63, 3.8) is 0 Å². The highest BCUT2D eigenvalue weighted by molar-refractivity contribution is 5.89. The van der Waals surface area contributed by atoms with Crippen molar-refractivity contribution in [1.82, 2.24) is 23.9 Å². The lowest BCUT2D eigenvalue weighted by molar-refractivity contribution is -0.132. The molecule has 0 bridgehead atoms. The number of piperazine rings is 1. The number of aryl methyl sites for hydroxylation is 1. The molecule has 1 fully saturated rings. The number of carbonyl (C=O) groups excluding carboxylic acids is 1. The number of carbonyl (C=O) groups is 1. The summed E-state index contributed by atoms with van der Waals surface area (Å²) < 4.78 is 17.5. The Bertz CT molecular complexity index is 1240. The predicted molar refractivity (Wildman–Crippen MR) is 119 cm³/mol. The summed E-state index contributed by atoms with van der Waals surface area (Å²) in [5, 5.41) is 1.16. The molecule has 1 amide bonds. The van der Waals surface area contributed by atoms with Crippen LogP contribution in [0.4, 0.5) is 4.39 Å². The molecule has 2 aromatic carbocycles. The van der Waals surface area contributed by atoms with Crippen LogP contribution in [-0.4, -0.2) is 62.5 Å². The second-order valence-electron chi connectivity index (χ2n) is 8.25. The zero-order valence-electron chi connectivity index (χ0n) is 17.7. The van der Waals surface area contributed by atoms with Crippen molar-refractivity contribution < 1.29 is 9.18 Å². The maximum Gasteiger partial charge on any atom is 0.227 e. The van der Waals surface area contributed by atoms with Gasteiger partial charge in [-0.25, -0.2) is 9.37 Å². The molecule has 2 aromatic heterocycles. The van der Waals surface area contributed by atoms with Crippen molar-refractivity contribution in [2.75, 3.05) is 32.7 Å². The number of hydrogen-bond acceptors (Lipinski definition) is 3. The SMILES string of the molecule is Cn1cc(CC(=O)N2CCN(CCn3cnc4cc(F)ccc43)CC2)c2ccccc21. The first-order valence-electron chi connectivity index (χ1n) is 10.7. The van der Waals surface area contributed by atoms with Crippen LogP contribution in [0.3, 0.4) is 0 Å². The summed E-state index contributed by atoms with van der Waals surface area (Å²) in [7, 11) is 2.02. The molecule has 0 aliphatic carbocycles. The van der Waals surface area contributed by atoms with Crippen LogP contribution in [0.25, 0.3) is 21.9 Å². The lowest BCUT2D eigenvalue weighted by Gasteiger charge is -2.34. The van der Waals surface area contributed by atoms with E-state index in [2.05, 4.69) is 37.3 Å². The van der Waals surface area contributed by atoms with E-state index in [1.807, 2.05) is 24.1 Å². The lowest BCUT2D eigenvalue weighted by Crippen LogP contribution is -2.49. The van der Waals surface area contributed by atoms with Gasteiger partial charge in [0.1, 0.15) is 5.82 Å². The van der Waals surface area contributed by atoms with Crippen LogP contribution in [-0.2, 0) is 24.8 Å². The number of hydrogen-bond donors (Lipinski definition) is 0. The maximum absolute atomic E-state index is 13.3. The fourth-order valence-electron chi connectivity index (χ4n) is 4.53. The van der Waals surface area contributed by atoms with Gasteiger partial charge in [-0.3, -0.25) is 9.69 Å². The Kier molecular flexibility index (Phi) is 5.19. The highest BCUT2D eigenvalue weighted by atomic mass is 19.1. The second-order valence-corrected chi connectivity index (χ2v) is 8.25. The van der Waals surface area contributed by atoms with Gasteiger partial charge in [0.2, 0.25) is 5.91 Å². The first kappa shape index (κ1) is 19.8. The van der Waals surface area contributed by atoms with Crippen molar-refractivity contribution in [2.24, 2.45) is 7.05 Å². The average molecular weight is 420 g/mol. The third kappa shape index (κ3) is 3.93. The van der Waals surface area contributed by atoms with Crippen LogP contribution in [0.15, 0.2) is 55.0 Å². The van der Waals surface area contributed by atoms with Gasteiger partial charge >= 0.3 is 0 Å². The van der Waals surface area contributed by atoms with Gasteiger partial charge in [-0.05, 0) is 23.8 Å². The minimum Gasteiger partial charge on any atom is -0.350 e. The number of nitrogens with zero attached hydrogens (tertiary/aromatic N) is 5. The van der Waals surface area contributed by atoms with Gasteiger partial charge in [-0.15, -0.1) is 0 Å². The summed E-state index contributed by atoms with van der Waals surface area (Å²) in [4.78, 5) is 21.5. The molecule has 31 heavy (non-hydrogen) atoms. The van der Waals surface area contributed by atoms with Crippen molar-refractivity contribution in [2.45, 2.75) is 13.0 Å². The topological polar surface area (TPSA) is 46.3 Å². The fraction of sp³-hybridized carbons (Fsp3) is 0.333. The Morgan fingerprint density at radius 3 is 2.68 bits per heavy atom. The Labute approximate surface area is 180 Å². The van der Waals surface area contributed by atoms with E-state index in [4.69, 9.17) is 0 Å². The Hall–Kier alpha value is -3.19. The van der Waals surface area contributed by atoms with Gasteiger partial charge in [0, 0.05) is 69.5 Å². The number of rotatable bonds is 5. The molecule has 1 aliphatic rings. The Balaban J connectivity index is 1.16. The number of halogens is 1. The summed E-state index contributed by atoms with van der Waals surface area (Å²) in [5.41, 5.74) is 3.88. The molecule has 0 unspecified atom stereocenters. The maximum atomic E-state index is 13.3. The van der Waals surface area contributed by atoms with E-state index in [0.29, 0.717) is 11.9 Å². The standard InChI is InChI=1S/C24H26FN5O/c1-27-16-18(20-4-2-3-5-22(20)27)14-24(31)29-11-8-28(9-12-29)10-13-30-17-26-21-15-19(25)6-7-23(21)30/h2-7,15-17H,8-14H2,1H3. The molecule has 0 saturated carbocycles. The van der Waals surface area contributed by atoms with Crippen molar-refractivity contribution in [1.29, 1.82) is 0 Å². The van der Waals surface area contributed by atoms with Crippen LogP contribution in [0, 0.1) is 5.82 Å². The molecule has 3 heterocycles. The second kappa shape index (κ2) is 8.15. The molecule has 1 aliphatic heterocycles. The van der Waals surface area contributed by atoms with Crippen LogP contribution >= 0.6 is 0 Å². The number of para-hydroxylation sites is 1. The van der Waals surface area contributed by atoms with Crippen molar-refractivity contribution in [3.8, 4) is 0 Å². The highest BCUT2D eigenvalue weighted by Crippen LogP contribution is 2.21. The van der Waals surface area contributed by atoms with Crippen LogP contribution in [0.2, 0.25) is 0 Å². The molecule has 7 heteroatoms. The Morgan fingerprint density at radius 2 is 1.84 bits per heavy atom. The average Bonchev–Trinajstić information content (AvgIpc) is 3.33. The zero-order valence-corrected chi connectivity index (χ0v) is 17.7. The van der Waals surface area contributed by atoms with E-state index in [9.17, 15) is 9.18 Å². The van der Waals surface area contributed by atoms with Crippen LogP contribution in [0.5, 0.6) is 0 Å². The summed E-state index contributed by atoms with van der Waals surface area (Å²) in [6, 6.07) is 12.9. The number of fused-ring (bicyclic) bond motifs is 2. The smallest absolute Gasteiger partial charge is 0.227 e. The van der Waals surface area contributed by atoms with Gasteiger partial charge in [0.15, 0.2) is 0 Å². The van der Waals surface area contributed by atoms with E-state index in [1.165, 1.54) is 12.1 Å². The monoisotopic (exact) mass is 419 g/mol. The summed E-state index contributed by atoms with van der Waals surface area (Å²) in [6.45, 7) is 4.91. The minimum absolute atomic E-state index is 0.193. The molecule has 1 saturated heterocycles. The largest absolute Gasteiger partial charge is 0.350 e. The normalized spacial score (nSPS) is 15.2. The van der Waals surface area contributed by atoms with Crippen molar-refractivity contribution >= 4 is 27.8 Å². The van der Waals surface area contributed by atoms with Gasteiger partial charge in [-0.2, -0.15) is 0 Å². The first-order valence-corrected chi connectivity index (χ1v) is 10.7. The summed E-state index contributed by atoms with van der Waals surface area (Å²) in [6.07, 6.45) is 4.28. The fourth-order valence-corrected chi connectivity index (χ4v) is 4.53. The first-order chi connectivity index (χ1) is 15.1. The van der Waals surface area contributed by atoms with Crippen LogP contribution < -0.4 is 0 Å². The van der Waals surface area contributed by atoms with E-state index in [-0.39, 0.29) is 11.7 Å². The minimum atomic E-state index is -0.262. The molecule has 6 nitrogen and oxygen atoms in total. The molecule has 0 atom stereocenters. The van der Waals surface area contributed by atoms with E-state index >= 15 is 0 Å². The zero-order chi connectivity index (χ0) is 21.4. The van der Waals surface area contributed by atoms with Crippen LogP contribution in [0.1, 0.15) is 5.56 Å². The van der Waals surface area contributed by atoms with Gasteiger partial charge in [-0.1, -0.05) is 18.2 Å². The third-order valence-corrected chi connectivity index (χ3v) is 6.29. The number of benzene rings is 2. The lowest BCUT2D eigenvalue weighted by atomic mass is 10.1. The summed E-state index contributed by atoms with van der Waals surface area (Å²) >= 11 is 0.